The maximum absolute atomic E-state index is 12.7. The van der Waals surface area contributed by atoms with E-state index in [1.54, 1.807) is 20.8 Å². The van der Waals surface area contributed by atoms with Gasteiger partial charge in [-0.15, -0.1) is 0 Å². The Bertz CT molecular complexity index is 348. The number of carbonyl (C=O) groups is 1. The number of alkyl halides is 2. The van der Waals surface area contributed by atoms with E-state index in [0.29, 0.717) is 4.90 Å². The number of hydrogen-bond acceptors (Lipinski definition) is 2. The molecule has 0 radical (unpaired) electrons. The first-order valence-electron chi connectivity index (χ1n) is 5.88. The van der Waals surface area contributed by atoms with Gasteiger partial charge in [-0.2, -0.15) is 0 Å². The fourth-order valence-electron chi connectivity index (χ4n) is 2.00. The molecule has 1 amide bonds. The monoisotopic (exact) mass is 327 g/mol. The van der Waals surface area contributed by atoms with Crippen LogP contribution in [0.1, 0.15) is 20.8 Å². The van der Waals surface area contributed by atoms with Crippen molar-refractivity contribution in [3.8, 4) is 0 Å². The van der Waals surface area contributed by atoms with E-state index in [1.807, 2.05) is 0 Å². The van der Waals surface area contributed by atoms with Gasteiger partial charge in [0, 0.05) is 19.0 Å². The van der Waals surface area contributed by atoms with E-state index in [1.165, 1.54) is 0 Å². The van der Waals surface area contributed by atoms with Gasteiger partial charge < -0.3 is 22.6 Å². The van der Waals surface area contributed by atoms with Gasteiger partial charge in [-0.25, -0.2) is 13.6 Å². The van der Waals surface area contributed by atoms with Crippen molar-refractivity contribution >= 4 is 13.1 Å². The third kappa shape index (κ3) is 5.78. The fourth-order valence-corrected chi connectivity index (χ4v) is 2.00. The van der Waals surface area contributed by atoms with Crippen LogP contribution >= 0.6 is 0 Å². The molecule has 0 aromatic rings. The molecule has 0 aliphatic carbocycles. The number of amides is 1. The molecule has 1 heterocycles. The molecule has 0 spiro atoms. The Labute approximate surface area is 157 Å². The number of likely N-dealkylation sites (tertiary alicyclic amines) is 1. The summed E-state index contributed by atoms with van der Waals surface area (Å²) in [5.41, 5.74) is -0.876. The van der Waals surface area contributed by atoms with Gasteiger partial charge in [0.15, 0.2) is 0 Å². The maximum atomic E-state index is 12.7. The number of nitrogens with zero attached hydrogens (tertiary/aromatic N) is 1. The van der Waals surface area contributed by atoms with Gasteiger partial charge in [0.2, 0.25) is 6.43 Å². The van der Waals surface area contributed by atoms with E-state index in [2.05, 4.69) is 0 Å². The molecule has 1 rings (SSSR count). The molecular formula is C10H16BF5KNO2. The number of hydrogen-bond donors (Lipinski definition) is 0. The molecule has 0 N–H and O–H groups in total. The summed E-state index contributed by atoms with van der Waals surface area (Å²) in [6.07, 6.45) is -4.10. The molecule has 1 aliphatic heterocycles. The molecule has 10 heteroatoms. The molecule has 2 unspecified atom stereocenters. The minimum absolute atomic E-state index is 0. The number of rotatable bonds is 2. The summed E-state index contributed by atoms with van der Waals surface area (Å²) in [5.74, 6) is -4.01. The van der Waals surface area contributed by atoms with Crippen LogP contribution in [-0.2, 0) is 4.74 Å². The molecule has 3 nitrogen and oxygen atoms in total. The first-order chi connectivity index (χ1) is 8.42. The Hall–Kier alpha value is 0.621. The zero-order valence-electron chi connectivity index (χ0n) is 11.9. The molecule has 20 heavy (non-hydrogen) atoms. The van der Waals surface area contributed by atoms with Crippen LogP contribution in [0.15, 0.2) is 0 Å². The summed E-state index contributed by atoms with van der Waals surface area (Å²) in [6, 6.07) is 0. The first kappa shape index (κ1) is 20.6. The van der Waals surface area contributed by atoms with Crippen molar-refractivity contribution in [2.75, 3.05) is 13.1 Å². The van der Waals surface area contributed by atoms with Crippen LogP contribution in [0.3, 0.4) is 0 Å². The van der Waals surface area contributed by atoms with Crippen LogP contribution in [0, 0.1) is 5.92 Å². The minimum Gasteiger partial charge on any atom is -0.449 e. The van der Waals surface area contributed by atoms with Crippen LogP contribution in [-0.4, -0.2) is 43.1 Å². The Morgan fingerprint density at radius 3 is 2.05 bits per heavy atom. The Balaban J connectivity index is 0.00000361. The largest absolute Gasteiger partial charge is 1.00 e. The fraction of sp³-hybridized carbons (Fsp3) is 0.900. The van der Waals surface area contributed by atoms with E-state index in [4.69, 9.17) is 4.74 Å². The standard InChI is InChI=1S/C10H16BF5NO2.K/c1-10(2,3)19-9(18)17-4-6(8(12)13)7(5-17)11(14,15)16;/h6-8H,4-5H2,1-3H3;/q-1;+1. The van der Waals surface area contributed by atoms with Crippen LogP contribution in [0.5, 0.6) is 0 Å². The van der Waals surface area contributed by atoms with Crippen molar-refractivity contribution in [1.82, 2.24) is 4.90 Å². The SMILES string of the molecule is CC(C)(C)OC(=O)N1CC(C(F)F)C([B-](F)(F)F)C1.[K+]. The van der Waals surface area contributed by atoms with E-state index in [9.17, 15) is 26.5 Å². The smallest absolute Gasteiger partial charge is 0.449 e. The molecule has 2 atom stereocenters. The predicted molar refractivity (Wildman–Crippen MR) is 60.1 cm³/mol. The third-order valence-electron chi connectivity index (χ3n) is 2.87. The third-order valence-corrected chi connectivity index (χ3v) is 2.87. The molecule has 1 saturated heterocycles. The molecule has 0 saturated carbocycles. The van der Waals surface area contributed by atoms with Gasteiger partial charge in [0.05, 0.1) is 0 Å². The van der Waals surface area contributed by atoms with Crippen LogP contribution in [0.25, 0.3) is 0 Å². The summed E-state index contributed by atoms with van der Waals surface area (Å²) in [6.45, 7) is -2.14. The van der Waals surface area contributed by atoms with Gasteiger partial charge in [-0.05, 0) is 26.6 Å². The average molecular weight is 327 g/mol. The van der Waals surface area contributed by atoms with Gasteiger partial charge in [-0.3, -0.25) is 0 Å². The van der Waals surface area contributed by atoms with Gasteiger partial charge in [0.25, 0.3) is 0 Å². The second-order valence-corrected chi connectivity index (χ2v) is 5.67. The average Bonchev–Trinajstić information content (AvgIpc) is 2.57. The van der Waals surface area contributed by atoms with Gasteiger partial charge in [-0.1, -0.05) is 0 Å². The summed E-state index contributed by atoms with van der Waals surface area (Å²) >= 11 is 0. The van der Waals surface area contributed by atoms with Crippen molar-refractivity contribution in [2.24, 2.45) is 5.92 Å². The zero-order chi connectivity index (χ0) is 15.0. The topological polar surface area (TPSA) is 29.5 Å². The molecule has 0 aromatic heterocycles. The molecule has 1 aliphatic rings. The summed E-state index contributed by atoms with van der Waals surface area (Å²) in [5, 5.41) is 0. The quantitative estimate of drug-likeness (QED) is 0.541. The van der Waals surface area contributed by atoms with Crippen LogP contribution in [0.4, 0.5) is 26.5 Å². The second kappa shape index (κ2) is 7.26. The molecule has 1 fully saturated rings. The summed E-state index contributed by atoms with van der Waals surface area (Å²) < 4.78 is 68.2. The predicted octanol–water partition coefficient (Wildman–Crippen LogP) is 0.340. The van der Waals surface area contributed by atoms with Gasteiger partial charge >= 0.3 is 64.5 Å². The molecular weight excluding hydrogens is 311 g/mol. The number of carbonyl (C=O) groups excluding carboxylic acids is 1. The van der Waals surface area contributed by atoms with E-state index in [0.717, 1.165) is 0 Å². The minimum atomic E-state index is -5.42. The van der Waals surface area contributed by atoms with Gasteiger partial charge in [0.1, 0.15) is 5.60 Å². The number of halogens is 5. The van der Waals surface area contributed by atoms with Crippen molar-refractivity contribution in [3.05, 3.63) is 0 Å². The Morgan fingerprint density at radius 1 is 1.25 bits per heavy atom. The number of ether oxygens (including phenoxy) is 1. The van der Waals surface area contributed by atoms with Crippen molar-refractivity contribution in [1.29, 1.82) is 0 Å². The Kier molecular flexibility index (Phi) is 7.48. The Morgan fingerprint density at radius 2 is 1.75 bits per heavy atom. The first-order valence-corrected chi connectivity index (χ1v) is 5.88. The second-order valence-electron chi connectivity index (χ2n) is 5.67. The zero-order valence-corrected chi connectivity index (χ0v) is 15.0. The summed E-state index contributed by atoms with van der Waals surface area (Å²) in [7, 11) is 0. The molecule has 0 bridgehead atoms. The van der Waals surface area contributed by atoms with E-state index in [-0.39, 0.29) is 51.4 Å². The van der Waals surface area contributed by atoms with Crippen molar-refractivity contribution < 1.29 is 82.6 Å². The maximum Gasteiger partial charge on any atom is 1.00 e. The van der Waals surface area contributed by atoms with Crippen LogP contribution in [0.2, 0.25) is 5.82 Å². The van der Waals surface area contributed by atoms with Crippen molar-refractivity contribution in [3.63, 3.8) is 0 Å². The normalized spacial score (nSPS) is 23.8. The molecule has 112 valence electrons. The molecule has 0 aromatic carbocycles. The van der Waals surface area contributed by atoms with E-state index >= 15 is 0 Å². The summed E-state index contributed by atoms with van der Waals surface area (Å²) in [4.78, 5) is 12.3. The van der Waals surface area contributed by atoms with Crippen LogP contribution < -0.4 is 51.4 Å². The van der Waals surface area contributed by atoms with E-state index < -0.39 is 49.9 Å². The van der Waals surface area contributed by atoms with Crippen molar-refractivity contribution in [2.45, 2.75) is 38.6 Å².